The van der Waals surface area contributed by atoms with E-state index in [1.165, 1.54) is 6.08 Å². The third-order valence-corrected chi connectivity index (χ3v) is 5.34. The number of rotatable bonds is 2. The molecule has 0 radical (unpaired) electrons. The number of urea groups is 1. The summed E-state index contributed by atoms with van der Waals surface area (Å²) in [4.78, 5) is 38.4. The van der Waals surface area contributed by atoms with Gasteiger partial charge in [0.05, 0.1) is 13.7 Å². The van der Waals surface area contributed by atoms with Crippen LogP contribution in [0.2, 0.25) is 0 Å². The summed E-state index contributed by atoms with van der Waals surface area (Å²) in [5, 5.41) is 12.0. The maximum absolute atomic E-state index is 12.9. The summed E-state index contributed by atoms with van der Waals surface area (Å²) in [7, 11) is 0. The van der Waals surface area contributed by atoms with E-state index in [2.05, 4.69) is 21.2 Å². The number of amides is 4. The van der Waals surface area contributed by atoms with E-state index in [-0.39, 0.29) is 11.3 Å². The van der Waals surface area contributed by atoms with E-state index in [1.54, 1.807) is 24.3 Å². The number of phenols is 1. The number of hydrogen-bond donors (Lipinski definition) is 2. The SMILES string of the molecule is Cc1cc(C)cc(N2C(=O)NC(=O)C(=Cc3cc(Br)c(O)c(I)c3)C2=O)c1. The number of anilines is 1. The highest BCUT2D eigenvalue weighted by atomic mass is 127. The summed E-state index contributed by atoms with van der Waals surface area (Å²) in [5.74, 6) is -1.39. The smallest absolute Gasteiger partial charge is 0.335 e. The molecule has 8 heteroatoms. The second-order valence-electron chi connectivity index (χ2n) is 6.14. The number of aryl methyl sites for hydroxylation is 2. The minimum absolute atomic E-state index is 0.0733. The molecule has 0 spiro atoms. The minimum atomic E-state index is -0.784. The molecule has 138 valence electrons. The van der Waals surface area contributed by atoms with E-state index >= 15 is 0 Å². The third kappa shape index (κ3) is 3.91. The topological polar surface area (TPSA) is 86.7 Å². The van der Waals surface area contributed by atoms with Crippen molar-refractivity contribution >= 4 is 68.1 Å². The highest BCUT2D eigenvalue weighted by Gasteiger charge is 2.37. The van der Waals surface area contributed by atoms with Crippen molar-refractivity contribution in [2.24, 2.45) is 0 Å². The number of barbiturate groups is 1. The number of benzene rings is 2. The third-order valence-electron chi connectivity index (χ3n) is 3.92. The van der Waals surface area contributed by atoms with Crippen molar-refractivity contribution in [1.29, 1.82) is 0 Å². The van der Waals surface area contributed by atoms with Gasteiger partial charge in [-0.3, -0.25) is 14.9 Å². The number of carbonyl (C=O) groups excluding carboxylic acids is 3. The van der Waals surface area contributed by atoms with Crippen LogP contribution in [0.3, 0.4) is 0 Å². The molecule has 2 aromatic rings. The molecule has 2 aromatic carbocycles. The normalized spacial score (nSPS) is 16.1. The first-order chi connectivity index (χ1) is 12.7. The Morgan fingerprint density at radius 3 is 2.30 bits per heavy atom. The summed E-state index contributed by atoms with van der Waals surface area (Å²) < 4.78 is 0.992. The molecule has 0 bridgehead atoms. The largest absolute Gasteiger partial charge is 0.506 e. The molecule has 1 heterocycles. The van der Waals surface area contributed by atoms with Gasteiger partial charge in [-0.2, -0.15) is 0 Å². The Labute approximate surface area is 177 Å². The fourth-order valence-electron chi connectivity index (χ4n) is 2.81. The predicted octanol–water partition coefficient (Wildman–Crippen LogP) is 4.04. The van der Waals surface area contributed by atoms with Crippen LogP contribution in [0.1, 0.15) is 16.7 Å². The van der Waals surface area contributed by atoms with Crippen molar-refractivity contribution in [2.45, 2.75) is 13.8 Å². The molecule has 1 aliphatic rings. The Balaban J connectivity index is 2.07. The fraction of sp³-hybridized carbons (Fsp3) is 0.105. The Bertz CT molecular complexity index is 989. The van der Waals surface area contributed by atoms with Gasteiger partial charge in [0.1, 0.15) is 11.3 Å². The van der Waals surface area contributed by atoms with Gasteiger partial charge in [0.25, 0.3) is 11.8 Å². The van der Waals surface area contributed by atoms with Gasteiger partial charge in [0.2, 0.25) is 0 Å². The zero-order valence-corrected chi connectivity index (χ0v) is 18.1. The molecule has 0 saturated carbocycles. The van der Waals surface area contributed by atoms with E-state index in [1.807, 2.05) is 42.5 Å². The predicted molar refractivity (Wildman–Crippen MR) is 113 cm³/mol. The molecule has 2 N–H and O–H groups in total. The number of imide groups is 2. The van der Waals surface area contributed by atoms with Crippen molar-refractivity contribution in [3.05, 3.63) is 60.6 Å². The summed E-state index contributed by atoms with van der Waals surface area (Å²) in [6.07, 6.45) is 1.39. The number of nitrogens with zero attached hydrogens (tertiary/aromatic N) is 1. The summed E-state index contributed by atoms with van der Waals surface area (Å²) in [6.45, 7) is 3.72. The van der Waals surface area contributed by atoms with Crippen LogP contribution >= 0.6 is 38.5 Å². The van der Waals surface area contributed by atoms with Gasteiger partial charge in [0, 0.05) is 0 Å². The number of aromatic hydroxyl groups is 1. The summed E-state index contributed by atoms with van der Waals surface area (Å²) in [6, 6.07) is 7.77. The van der Waals surface area contributed by atoms with Crippen LogP contribution in [0, 0.1) is 17.4 Å². The molecule has 1 aliphatic heterocycles. The van der Waals surface area contributed by atoms with E-state index in [0.717, 1.165) is 16.0 Å². The summed E-state index contributed by atoms with van der Waals surface area (Å²) >= 11 is 5.18. The van der Waals surface area contributed by atoms with Crippen LogP contribution in [-0.4, -0.2) is 23.0 Å². The first kappa shape index (κ1) is 19.6. The zero-order chi connectivity index (χ0) is 19.9. The molecule has 1 fully saturated rings. The van der Waals surface area contributed by atoms with Gasteiger partial charge in [-0.1, -0.05) is 6.07 Å². The van der Waals surface area contributed by atoms with Crippen molar-refractivity contribution in [3.63, 3.8) is 0 Å². The molecular formula is C19H14BrIN2O4. The Hall–Kier alpha value is -2.20. The average Bonchev–Trinajstić information content (AvgIpc) is 2.55. The Kier molecular flexibility index (Phi) is 5.38. The van der Waals surface area contributed by atoms with Crippen LogP contribution in [0.15, 0.2) is 40.4 Å². The minimum Gasteiger partial charge on any atom is -0.506 e. The Morgan fingerprint density at radius 1 is 1.07 bits per heavy atom. The van der Waals surface area contributed by atoms with Gasteiger partial charge in [0.15, 0.2) is 0 Å². The van der Waals surface area contributed by atoms with E-state index < -0.39 is 17.8 Å². The number of carbonyl (C=O) groups is 3. The lowest BCUT2D eigenvalue weighted by Crippen LogP contribution is -2.54. The molecule has 6 nitrogen and oxygen atoms in total. The second kappa shape index (κ2) is 7.43. The number of nitrogens with one attached hydrogen (secondary N) is 1. The van der Waals surface area contributed by atoms with Crippen molar-refractivity contribution in [1.82, 2.24) is 5.32 Å². The molecule has 27 heavy (non-hydrogen) atoms. The highest BCUT2D eigenvalue weighted by molar-refractivity contribution is 14.1. The maximum Gasteiger partial charge on any atom is 0.335 e. The van der Waals surface area contributed by atoms with Gasteiger partial charge < -0.3 is 5.11 Å². The van der Waals surface area contributed by atoms with E-state index in [0.29, 0.717) is 19.3 Å². The molecule has 0 aromatic heterocycles. The van der Waals surface area contributed by atoms with Crippen LogP contribution in [0.5, 0.6) is 5.75 Å². The molecule has 0 atom stereocenters. The molecule has 0 unspecified atom stereocenters. The Morgan fingerprint density at radius 2 is 1.70 bits per heavy atom. The van der Waals surface area contributed by atoms with E-state index in [4.69, 9.17) is 0 Å². The van der Waals surface area contributed by atoms with Gasteiger partial charge in [-0.05, 0) is 99.4 Å². The molecule has 1 saturated heterocycles. The van der Waals surface area contributed by atoms with E-state index in [9.17, 15) is 19.5 Å². The molecular weight excluding hydrogens is 527 g/mol. The lowest BCUT2D eigenvalue weighted by Gasteiger charge is -2.27. The first-order valence-electron chi connectivity index (χ1n) is 7.85. The average molecular weight is 541 g/mol. The quantitative estimate of drug-likeness (QED) is 0.342. The number of phenolic OH excluding ortho intramolecular Hbond substituents is 1. The van der Waals surface area contributed by atoms with Crippen molar-refractivity contribution in [3.8, 4) is 5.75 Å². The number of halogens is 2. The lowest BCUT2D eigenvalue weighted by molar-refractivity contribution is -0.122. The number of hydrogen-bond acceptors (Lipinski definition) is 4. The van der Waals surface area contributed by atoms with Gasteiger partial charge in [-0.25, -0.2) is 9.69 Å². The van der Waals surface area contributed by atoms with Crippen molar-refractivity contribution < 1.29 is 19.5 Å². The zero-order valence-electron chi connectivity index (χ0n) is 14.3. The monoisotopic (exact) mass is 540 g/mol. The van der Waals surface area contributed by atoms with Gasteiger partial charge in [-0.15, -0.1) is 0 Å². The van der Waals surface area contributed by atoms with Gasteiger partial charge >= 0.3 is 6.03 Å². The van der Waals surface area contributed by atoms with Crippen LogP contribution in [0.4, 0.5) is 10.5 Å². The van der Waals surface area contributed by atoms with Crippen LogP contribution in [-0.2, 0) is 9.59 Å². The van der Waals surface area contributed by atoms with Crippen LogP contribution in [0.25, 0.3) is 6.08 Å². The summed E-state index contributed by atoms with van der Waals surface area (Å²) in [5.41, 5.74) is 2.56. The second-order valence-corrected chi connectivity index (χ2v) is 8.15. The molecule has 4 amide bonds. The fourth-order valence-corrected chi connectivity index (χ4v) is 4.31. The molecule has 0 aliphatic carbocycles. The first-order valence-corrected chi connectivity index (χ1v) is 9.72. The van der Waals surface area contributed by atoms with Crippen LogP contribution < -0.4 is 10.2 Å². The lowest BCUT2D eigenvalue weighted by atomic mass is 10.1. The molecule has 3 rings (SSSR count). The van der Waals surface area contributed by atoms with Crippen molar-refractivity contribution in [2.75, 3.05) is 4.90 Å². The standard InChI is InChI=1S/C19H14BrIN2O4/c1-9-3-10(2)5-12(4-9)23-18(26)13(17(25)22-19(23)27)6-11-7-14(20)16(24)15(21)8-11/h3-8,24H,1-2H3,(H,22,25,27). The highest BCUT2D eigenvalue weighted by Crippen LogP contribution is 2.32. The maximum atomic E-state index is 12.9.